The smallest absolute Gasteiger partial charge is 0.418 e. The number of para-hydroxylation sites is 1. The molecule has 0 aliphatic carbocycles. The lowest BCUT2D eigenvalue weighted by Gasteiger charge is -2.17. The molecule has 0 aliphatic rings. The molecule has 0 spiro atoms. The van der Waals surface area contributed by atoms with E-state index in [0.717, 1.165) is 5.39 Å². The first-order valence-corrected chi connectivity index (χ1v) is 7.45. The largest absolute Gasteiger partial charge is 0.461 e. The highest BCUT2D eigenvalue weighted by atomic mass is 16.6. The summed E-state index contributed by atoms with van der Waals surface area (Å²) in [6.45, 7) is 3.76. The van der Waals surface area contributed by atoms with Crippen LogP contribution in [0.4, 0.5) is 4.79 Å². The fraction of sp³-hybridized carbons (Fsp3) is 0.412. The molecule has 0 N–H and O–H groups in total. The van der Waals surface area contributed by atoms with E-state index in [9.17, 15) is 9.59 Å². The van der Waals surface area contributed by atoms with Crippen molar-refractivity contribution in [3.05, 3.63) is 36.0 Å². The van der Waals surface area contributed by atoms with Crippen molar-refractivity contribution in [1.29, 1.82) is 0 Å². The van der Waals surface area contributed by atoms with Crippen molar-refractivity contribution in [2.45, 2.75) is 32.5 Å². The summed E-state index contributed by atoms with van der Waals surface area (Å²) in [7, 11) is 2.74. The maximum absolute atomic E-state index is 12.4. The van der Waals surface area contributed by atoms with Crippen LogP contribution in [0.2, 0.25) is 0 Å². The van der Waals surface area contributed by atoms with Crippen LogP contribution in [0, 0.1) is 0 Å². The van der Waals surface area contributed by atoms with Crippen molar-refractivity contribution in [1.82, 2.24) is 4.57 Å². The van der Waals surface area contributed by atoms with Crippen molar-refractivity contribution in [2.75, 3.05) is 14.2 Å². The van der Waals surface area contributed by atoms with Gasteiger partial charge < -0.3 is 14.2 Å². The third kappa shape index (κ3) is 3.37. The van der Waals surface area contributed by atoms with Crippen LogP contribution >= 0.6 is 0 Å². The summed E-state index contributed by atoms with van der Waals surface area (Å²) in [5.74, 6) is -0.477. The van der Waals surface area contributed by atoms with E-state index in [4.69, 9.17) is 14.2 Å². The third-order valence-electron chi connectivity index (χ3n) is 3.74. The normalized spacial score (nSPS) is 13.6. The molecule has 1 aromatic heterocycles. The van der Waals surface area contributed by atoms with E-state index in [2.05, 4.69) is 0 Å². The van der Waals surface area contributed by atoms with Crippen LogP contribution in [0.5, 0.6) is 0 Å². The molecular weight excluding hydrogens is 298 g/mol. The SMILES string of the molecule is CC[C@@H](C)OC(=O)[C@@H](OC)c1cn(C(=O)OC)c2ccccc12. The molecule has 0 radical (unpaired) electrons. The van der Waals surface area contributed by atoms with E-state index in [1.807, 2.05) is 32.0 Å². The standard InChI is InChI=1S/C17H21NO5/c1-5-11(2)23-16(19)15(21-3)13-10-18(17(20)22-4)14-9-7-6-8-12(13)14/h6-11,15H,5H2,1-4H3/t11-,15+/m1/s1. The Morgan fingerprint density at radius 2 is 1.91 bits per heavy atom. The van der Waals surface area contributed by atoms with Gasteiger partial charge in [0.15, 0.2) is 6.10 Å². The van der Waals surface area contributed by atoms with Crippen LogP contribution in [0.15, 0.2) is 30.5 Å². The zero-order valence-electron chi connectivity index (χ0n) is 13.7. The number of carbonyl (C=O) groups is 2. The second-order valence-corrected chi connectivity index (χ2v) is 5.21. The molecule has 6 nitrogen and oxygen atoms in total. The van der Waals surface area contributed by atoms with Gasteiger partial charge in [0.05, 0.1) is 18.7 Å². The zero-order valence-corrected chi connectivity index (χ0v) is 13.7. The highest BCUT2D eigenvalue weighted by molar-refractivity contribution is 5.95. The third-order valence-corrected chi connectivity index (χ3v) is 3.74. The number of carbonyl (C=O) groups excluding carboxylic acids is 2. The minimum atomic E-state index is -0.903. The van der Waals surface area contributed by atoms with Gasteiger partial charge in [0.1, 0.15) is 0 Å². The highest BCUT2D eigenvalue weighted by Gasteiger charge is 2.28. The number of esters is 1. The summed E-state index contributed by atoms with van der Waals surface area (Å²) in [5, 5.41) is 0.742. The van der Waals surface area contributed by atoms with Gasteiger partial charge in [-0.25, -0.2) is 9.59 Å². The zero-order chi connectivity index (χ0) is 17.0. The van der Waals surface area contributed by atoms with E-state index >= 15 is 0 Å². The average Bonchev–Trinajstić information content (AvgIpc) is 2.94. The monoisotopic (exact) mass is 319 g/mol. The Morgan fingerprint density at radius 1 is 1.22 bits per heavy atom. The Morgan fingerprint density at radius 3 is 2.52 bits per heavy atom. The van der Waals surface area contributed by atoms with Gasteiger partial charge in [-0.1, -0.05) is 25.1 Å². The predicted molar refractivity (Wildman–Crippen MR) is 85.3 cm³/mol. The second kappa shape index (κ2) is 7.28. The van der Waals surface area contributed by atoms with E-state index in [0.29, 0.717) is 17.5 Å². The quantitative estimate of drug-likeness (QED) is 0.791. The molecular formula is C17H21NO5. The molecule has 0 bridgehead atoms. The molecule has 0 saturated heterocycles. The summed E-state index contributed by atoms with van der Waals surface area (Å²) in [6.07, 6.45) is 0.640. The molecule has 2 aromatic rings. The van der Waals surface area contributed by atoms with Crippen molar-refractivity contribution in [2.24, 2.45) is 0 Å². The van der Waals surface area contributed by atoms with E-state index in [1.165, 1.54) is 18.8 Å². The first kappa shape index (κ1) is 17.0. The Kier molecular flexibility index (Phi) is 5.39. The number of methoxy groups -OCH3 is 2. The Bertz CT molecular complexity index is 706. The molecule has 2 atom stereocenters. The van der Waals surface area contributed by atoms with E-state index < -0.39 is 18.2 Å². The van der Waals surface area contributed by atoms with E-state index in [-0.39, 0.29) is 6.10 Å². The minimum absolute atomic E-state index is 0.200. The molecule has 0 saturated carbocycles. The lowest BCUT2D eigenvalue weighted by molar-refractivity contribution is -0.160. The molecule has 124 valence electrons. The molecule has 0 unspecified atom stereocenters. The van der Waals surface area contributed by atoms with Gasteiger partial charge in [-0.2, -0.15) is 0 Å². The summed E-state index contributed by atoms with van der Waals surface area (Å²) in [4.78, 5) is 24.3. The Balaban J connectivity index is 2.48. The lowest BCUT2D eigenvalue weighted by atomic mass is 10.1. The molecule has 1 aromatic carbocycles. The molecule has 2 rings (SSSR count). The maximum atomic E-state index is 12.4. The Hall–Kier alpha value is -2.34. The van der Waals surface area contributed by atoms with Crippen LogP contribution in [0.3, 0.4) is 0 Å². The van der Waals surface area contributed by atoms with Gasteiger partial charge in [-0.15, -0.1) is 0 Å². The minimum Gasteiger partial charge on any atom is -0.461 e. The molecule has 23 heavy (non-hydrogen) atoms. The van der Waals surface area contributed by atoms with Gasteiger partial charge in [0.25, 0.3) is 0 Å². The molecule has 6 heteroatoms. The first-order chi connectivity index (χ1) is 11.0. The molecule has 0 amide bonds. The number of rotatable bonds is 5. The van der Waals surface area contributed by atoms with Crippen molar-refractivity contribution in [3.8, 4) is 0 Å². The van der Waals surface area contributed by atoms with Crippen molar-refractivity contribution in [3.63, 3.8) is 0 Å². The predicted octanol–water partition coefficient (Wildman–Crippen LogP) is 3.29. The topological polar surface area (TPSA) is 66.8 Å². The van der Waals surface area contributed by atoms with Gasteiger partial charge in [-0.05, 0) is 19.4 Å². The number of aromatic nitrogens is 1. The fourth-order valence-electron chi connectivity index (χ4n) is 2.36. The van der Waals surface area contributed by atoms with Crippen molar-refractivity contribution < 1.29 is 23.8 Å². The highest BCUT2D eigenvalue weighted by Crippen LogP contribution is 2.29. The van der Waals surface area contributed by atoms with Gasteiger partial charge in [-0.3, -0.25) is 4.57 Å². The van der Waals surface area contributed by atoms with Crippen LogP contribution in [-0.4, -0.2) is 37.0 Å². The number of hydrogen-bond acceptors (Lipinski definition) is 5. The molecule has 1 heterocycles. The number of nitrogens with zero attached hydrogens (tertiary/aromatic N) is 1. The fourth-order valence-corrected chi connectivity index (χ4v) is 2.36. The van der Waals surface area contributed by atoms with E-state index in [1.54, 1.807) is 12.3 Å². The summed E-state index contributed by atoms with van der Waals surface area (Å²) in [5.41, 5.74) is 1.22. The maximum Gasteiger partial charge on any atom is 0.418 e. The summed E-state index contributed by atoms with van der Waals surface area (Å²) in [6, 6.07) is 7.25. The van der Waals surface area contributed by atoms with Crippen LogP contribution in [0.1, 0.15) is 31.9 Å². The van der Waals surface area contributed by atoms with Crippen LogP contribution in [0.25, 0.3) is 10.9 Å². The number of ether oxygens (including phenoxy) is 3. The molecule has 0 fully saturated rings. The van der Waals surface area contributed by atoms with Crippen molar-refractivity contribution >= 4 is 23.0 Å². The Labute approximate surface area is 134 Å². The molecule has 0 aliphatic heterocycles. The number of benzene rings is 1. The van der Waals surface area contributed by atoms with Crippen LogP contribution < -0.4 is 0 Å². The van der Waals surface area contributed by atoms with Crippen LogP contribution in [-0.2, 0) is 19.0 Å². The van der Waals surface area contributed by atoms with Gasteiger partial charge >= 0.3 is 12.1 Å². The summed E-state index contributed by atoms with van der Waals surface area (Å²) >= 11 is 0. The summed E-state index contributed by atoms with van der Waals surface area (Å²) < 4.78 is 16.8. The second-order valence-electron chi connectivity index (χ2n) is 5.21. The van der Waals surface area contributed by atoms with Gasteiger partial charge in [0, 0.05) is 24.3 Å². The average molecular weight is 319 g/mol. The number of hydrogen-bond donors (Lipinski definition) is 0. The number of fused-ring (bicyclic) bond motifs is 1. The lowest BCUT2D eigenvalue weighted by Crippen LogP contribution is -2.22. The van der Waals surface area contributed by atoms with Gasteiger partial charge in [0.2, 0.25) is 0 Å². The first-order valence-electron chi connectivity index (χ1n) is 7.45.